The fraction of sp³-hybridized carbons (Fsp3) is 0.391. The SMILES string of the molecule is COc1cc(OCN2C[C@@H](C)N(Cc3ccc(F)cc3)C(=C=O)[C@@H]2C)cc(OC)c1Br. The number of rotatable bonds is 7. The number of piperazine rings is 1. The van der Waals surface area contributed by atoms with Crippen molar-refractivity contribution >= 4 is 21.9 Å². The second kappa shape index (κ2) is 10.2. The molecule has 0 spiro atoms. The normalized spacial score (nSPS) is 19.2. The molecule has 166 valence electrons. The van der Waals surface area contributed by atoms with Crippen molar-refractivity contribution in [2.45, 2.75) is 32.5 Å². The molecule has 1 heterocycles. The quantitative estimate of drug-likeness (QED) is 0.538. The Morgan fingerprint density at radius 2 is 1.74 bits per heavy atom. The molecule has 1 saturated heterocycles. The van der Waals surface area contributed by atoms with Crippen molar-refractivity contribution in [1.29, 1.82) is 0 Å². The molecule has 0 bridgehead atoms. The first kappa shape index (κ1) is 23.1. The number of hydrogen-bond donors (Lipinski definition) is 0. The number of methoxy groups -OCH3 is 2. The molecule has 1 aliphatic heterocycles. The van der Waals surface area contributed by atoms with Crippen molar-refractivity contribution in [2.24, 2.45) is 0 Å². The number of carbonyl (C=O) groups excluding carboxylic acids is 1. The van der Waals surface area contributed by atoms with Gasteiger partial charge in [0.25, 0.3) is 0 Å². The zero-order valence-electron chi connectivity index (χ0n) is 18.0. The van der Waals surface area contributed by atoms with Gasteiger partial charge in [-0.15, -0.1) is 0 Å². The van der Waals surface area contributed by atoms with Crippen LogP contribution in [0.2, 0.25) is 0 Å². The summed E-state index contributed by atoms with van der Waals surface area (Å²) in [5.41, 5.74) is 1.49. The molecule has 0 saturated carbocycles. The lowest BCUT2D eigenvalue weighted by Gasteiger charge is -2.45. The van der Waals surface area contributed by atoms with Crippen molar-refractivity contribution in [3.63, 3.8) is 0 Å². The van der Waals surface area contributed by atoms with Crippen molar-refractivity contribution in [3.8, 4) is 17.2 Å². The number of benzene rings is 2. The van der Waals surface area contributed by atoms with Crippen LogP contribution in [0.1, 0.15) is 19.4 Å². The van der Waals surface area contributed by atoms with Gasteiger partial charge in [-0.2, -0.15) is 0 Å². The Labute approximate surface area is 190 Å². The minimum absolute atomic E-state index is 0.0512. The lowest BCUT2D eigenvalue weighted by atomic mass is 10.0. The maximum absolute atomic E-state index is 13.2. The number of hydrogen-bond acceptors (Lipinski definition) is 6. The Hall–Kier alpha value is -2.54. The monoisotopic (exact) mass is 492 g/mol. The molecule has 0 amide bonds. The van der Waals surface area contributed by atoms with Gasteiger partial charge in [-0.3, -0.25) is 4.90 Å². The molecule has 6 nitrogen and oxygen atoms in total. The van der Waals surface area contributed by atoms with Crippen LogP contribution in [-0.4, -0.2) is 55.3 Å². The fourth-order valence-electron chi connectivity index (χ4n) is 3.67. The van der Waals surface area contributed by atoms with Crippen LogP contribution in [0.3, 0.4) is 0 Å². The summed E-state index contributed by atoms with van der Waals surface area (Å²) in [5.74, 6) is 3.64. The molecule has 3 rings (SSSR count). The van der Waals surface area contributed by atoms with Crippen LogP contribution in [0.4, 0.5) is 4.39 Å². The first-order chi connectivity index (χ1) is 14.9. The van der Waals surface area contributed by atoms with Gasteiger partial charge in [0.15, 0.2) is 0 Å². The Morgan fingerprint density at radius 3 is 2.29 bits per heavy atom. The number of ether oxygens (including phenoxy) is 3. The molecule has 1 fully saturated rings. The Kier molecular flexibility index (Phi) is 7.59. The summed E-state index contributed by atoms with van der Waals surface area (Å²) in [4.78, 5) is 15.9. The maximum atomic E-state index is 13.2. The van der Waals surface area contributed by atoms with E-state index >= 15 is 0 Å². The van der Waals surface area contributed by atoms with Gasteiger partial charge >= 0.3 is 0 Å². The van der Waals surface area contributed by atoms with E-state index in [9.17, 15) is 9.18 Å². The summed E-state index contributed by atoms with van der Waals surface area (Å²) in [6, 6.07) is 9.75. The molecule has 0 aliphatic carbocycles. The average Bonchev–Trinajstić information content (AvgIpc) is 2.77. The summed E-state index contributed by atoms with van der Waals surface area (Å²) in [6.45, 7) is 5.50. The van der Waals surface area contributed by atoms with Gasteiger partial charge < -0.3 is 19.1 Å². The Balaban J connectivity index is 1.72. The lowest BCUT2D eigenvalue weighted by Crippen LogP contribution is -2.55. The van der Waals surface area contributed by atoms with Crippen LogP contribution in [-0.2, 0) is 11.3 Å². The lowest BCUT2D eigenvalue weighted by molar-refractivity contribution is 0.0284. The third-order valence-electron chi connectivity index (χ3n) is 5.47. The van der Waals surface area contributed by atoms with Crippen molar-refractivity contribution < 1.29 is 23.4 Å². The van der Waals surface area contributed by atoms with E-state index < -0.39 is 0 Å². The zero-order chi connectivity index (χ0) is 22.5. The molecule has 8 heteroatoms. The van der Waals surface area contributed by atoms with E-state index in [0.717, 1.165) is 5.56 Å². The third-order valence-corrected chi connectivity index (χ3v) is 6.25. The van der Waals surface area contributed by atoms with Crippen LogP contribution in [0.25, 0.3) is 0 Å². The third kappa shape index (κ3) is 5.21. The zero-order valence-corrected chi connectivity index (χ0v) is 19.6. The van der Waals surface area contributed by atoms with Gasteiger partial charge in [-0.1, -0.05) is 12.1 Å². The van der Waals surface area contributed by atoms with E-state index in [2.05, 4.69) is 26.8 Å². The summed E-state index contributed by atoms with van der Waals surface area (Å²) in [6.07, 6.45) is 0. The second-order valence-electron chi connectivity index (χ2n) is 7.45. The highest BCUT2D eigenvalue weighted by molar-refractivity contribution is 9.10. The highest BCUT2D eigenvalue weighted by Gasteiger charge is 2.34. The molecule has 0 N–H and O–H groups in total. The minimum Gasteiger partial charge on any atom is -0.495 e. The number of nitrogens with zero attached hydrogens (tertiary/aromatic N) is 2. The molecule has 0 unspecified atom stereocenters. The predicted molar refractivity (Wildman–Crippen MR) is 120 cm³/mol. The highest BCUT2D eigenvalue weighted by Crippen LogP contribution is 2.38. The topological polar surface area (TPSA) is 51.2 Å². The minimum atomic E-state index is -0.278. The standard InChI is InChI=1S/C23H26BrFN2O4/c1-15-11-26(14-31-19-9-21(29-3)23(24)22(10-19)30-4)16(2)20(13-28)27(15)12-17-5-7-18(25)8-6-17/h5-10,15-16H,11-12,14H2,1-4H3/t15-,16+/m1/s1. The molecular formula is C23H26BrFN2O4. The van der Waals surface area contributed by atoms with Gasteiger partial charge in [0.05, 0.1) is 20.3 Å². The van der Waals surface area contributed by atoms with Crippen molar-refractivity contribution in [3.05, 3.63) is 57.9 Å². The van der Waals surface area contributed by atoms with Crippen LogP contribution in [0, 0.1) is 5.82 Å². The van der Waals surface area contributed by atoms with Gasteiger partial charge in [-0.25, -0.2) is 9.18 Å². The average molecular weight is 493 g/mol. The summed E-state index contributed by atoms with van der Waals surface area (Å²) in [5, 5.41) is 0. The molecule has 0 radical (unpaired) electrons. The van der Waals surface area contributed by atoms with E-state index in [1.807, 2.05) is 18.7 Å². The van der Waals surface area contributed by atoms with E-state index in [-0.39, 0.29) is 24.6 Å². The summed E-state index contributed by atoms with van der Waals surface area (Å²) in [7, 11) is 3.16. The van der Waals surface area contributed by atoms with Crippen LogP contribution in [0.5, 0.6) is 17.2 Å². The van der Waals surface area contributed by atoms with Crippen LogP contribution >= 0.6 is 15.9 Å². The van der Waals surface area contributed by atoms with Crippen molar-refractivity contribution in [2.75, 3.05) is 27.5 Å². The molecule has 2 aromatic rings. The molecule has 2 atom stereocenters. The highest BCUT2D eigenvalue weighted by atomic mass is 79.9. The molecule has 1 aliphatic rings. The van der Waals surface area contributed by atoms with Gasteiger partial charge in [0.2, 0.25) is 0 Å². The van der Waals surface area contributed by atoms with Gasteiger partial charge in [0.1, 0.15) is 45.9 Å². The first-order valence-corrected chi connectivity index (χ1v) is 10.7. The van der Waals surface area contributed by atoms with Gasteiger partial charge in [0, 0.05) is 31.3 Å². The van der Waals surface area contributed by atoms with E-state index in [4.69, 9.17) is 14.2 Å². The van der Waals surface area contributed by atoms with E-state index in [0.29, 0.717) is 40.5 Å². The summed E-state index contributed by atoms with van der Waals surface area (Å²) < 4.78 is 30.7. The van der Waals surface area contributed by atoms with Gasteiger partial charge in [-0.05, 0) is 47.5 Å². The largest absolute Gasteiger partial charge is 0.495 e. The molecule has 0 aromatic heterocycles. The Bertz CT molecular complexity index is 938. The first-order valence-electron chi connectivity index (χ1n) is 9.92. The summed E-state index contributed by atoms with van der Waals surface area (Å²) >= 11 is 3.45. The van der Waals surface area contributed by atoms with E-state index in [1.54, 1.807) is 38.5 Å². The maximum Gasteiger partial charge on any atom is 0.147 e. The smallest absolute Gasteiger partial charge is 0.147 e. The van der Waals surface area contributed by atoms with Crippen molar-refractivity contribution in [1.82, 2.24) is 9.80 Å². The van der Waals surface area contributed by atoms with E-state index in [1.165, 1.54) is 12.1 Å². The fourth-order valence-corrected chi connectivity index (χ4v) is 4.22. The number of halogens is 2. The molecule has 2 aromatic carbocycles. The Morgan fingerprint density at radius 1 is 1.13 bits per heavy atom. The molecular weight excluding hydrogens is 467 g/mol. The van der Waals surface area contributed by atoms with Crippen LogP contribution in [0.15, 0.2) is 46.6 Å². The second-order valence-corrected chi connectivity index (χ2v) is 8.25. The van der Waals surface area contributed by atoms with Crippen LogP contribution < -0.4 is 14.2 Å². The molecule has 31 heavy (non-hydrogen) atoms. The predicted octanol–water partition coefficient (Wildman–Crippen LogP) is 4.25.